The van der Waals surface area contributed by atoms with E-state index in [1.54, 1.807) is 20.8 Å². The van der Waals surface area contributed by atoms with Crippen LogP contribution in [0.5, 0.6) is 11.6 Å². The number of halogens is 1. The number of carbonyl (C=O) groups excluding carboxylic acids is 2. The minimum Gasteiger partial charge on any atom is -0.496 e. The molecule has 0 spiro atoms. The van der Waals surface area contributed by atoms with Crippen LogP contribution in [-0.4, -0.2) is 42.7 Å². The monoisotopic (exact) mass is 358 g/mol. The van der Waals surface area contributed by atoms with E-state index >= 15 is 0 Å². The van der Waals surface area contributed by atoms with Crippen LogP contribution in [0.1, 0.15) is 44.5 Å². The normalized spacial score (nSPS) is 10.9. The summed E-state index contributed by atoms with van der Waals surface area (Å²) in [5, 5.41) is 2.78. The quantitative estimate of drug-likeness (QED) is 0.457. The Labute approximate surface area is 146 Å². The summed E-state index contributed by atoms with van der Waals surface area (Å²) >= 11 is 5.89. The van der Waals surface area contributed by atoms with Gasteiger partial charge in [-0.25, -0.2) is 9.78 Å². The number of Topliss-reactive ketones (excluding diaryl/α,β-unsaturated/α-hetero) is 1. The summed E-state index contributed by atoms with van der Waals surface area (Å²) in [4.78, 5) is 27.3. The summed E-state index contributed by atoms with van der Waals surface area (Å²) in [7, 11) is 1.44. The van der Waals surface area contributed by atoms with Gasteiger partial charge in [-0.2, -0.15) is 0 Å². The molecule has 0 atom stereocenters. The number of alkyl carbamates (subject to hydrolysis) is 1. The van der Waals surface area contributed by atoms with Crippen LogP contribution in [0.4, 0.5) is 4.79 Å². The first-order valence-electron chi connectivity index (χ1n) is 7.49. The van der Waals surface area contributed by atoms with Crippen LogP contribution < -0.4 is 14.8 Å². The Balaban J connectivity index is 2.55. The average Bonchev–Trinajstić information content (AvgIpc) is 2.43. The fourth-order valence-corrected chi connectivity index (χ4v) is 1.98. The fraction of sp³-hybridized carbons (Fsp3) is 0.562. The van der Waals surface area contributed by atoms with Crippen molar-refractivity contribution in [3.05, 3.63) is 16.8 Å². The highest BCUT2D eigenvalue weighted by molar-refractivity contribution is 6.29. The first-order chi connectivity index (χ1) is 11.1. The van der Waals surface area contributed by atoms with E-state index in [0.717, 1.165) is 0 Å². The molecule has 0 aliphatic carbocycles. The number of aromatic nitrogens is 1. The van der Waals surface area contributed by atoms with Gasteiger partial charge in [0.1, 0.15) is 22.1 Å². The van der Waals surface area contributed by atoms with E-state index in [1.807, 2.05) is 0 Å². The van der Waals surface area contributed by atoms with Gasteiger partial charge in [0.05, 0.1) is 13.7 Å². The molecule has 24 heavy (non-hydrogen) atoms. The van der Waals surface area contributed by atoms with Crippen LogP contribution in [0.3, 0.4) is 0 Å². The molecular weight excluding hydrogens is 336 g/mol. The highest BCUT2D eigenvalue weighted by Gasteiger charge is 2.19. The number of methoxy groups -OCH3 is 1. The second-order valence-corrected chi connectivity index (χ2v) is 6.40. The summed E-state index contributed by atoms with van der Waals surface area (Å²) < 4.78 is 15.8. The van der Waals surface area contributed by atoms with E-state index in [2.05, 4.69) is 10.3 Å². The maximum atomic E-state index is 11.8. The van der Waals surface area contributed by atoms with Gasteiger partial charge in [0.25, 0.3) is 0 Å². The standard InChI is InChI=1S/C16H23ClN2O5/c1-10(20)13-11(22-5)9-12(17)19-14(13)23-8-6-7-18-15(21)24-16(2,3)4/h9H,6-8H2,1-5H3,(H,18,21). The van der Waals surface area contributed by atoms with Crippen LogP contribution >= 0.6 is 11.6 Å². The summed E-state index contributed by atoms with van der Waals surface area (Å²) in [5.74, 6) is 0.186. The largest absolute Gasteiger partial charge is 0.496 e. The molecule has 0 saturated heterocycles. The van der Waals surface area contributed by atoms with Crippen LogP contribution in [-0.2, 0) is 4.74 Å². The Morgan fingerprint density at radius 3 is 2.54 bits per heavy atom. The molecule has 8 heteroatoms. The molecule has 0 bridgehead atoms. The van der Waals surface area contributed by atoms with Gasteiger partial charge in [0, 0.05) is 12.6 Å². The van der Waals surface area contributed by atoms with E-state index < -0.39 is 11.7 Å². The maximum Gasteiger partial charge on any atom is 0.407 e. The molecule has 1 heterocycles. The zero-order valence-electron chi connectivity index (χ0n) is 14.6. The fourth-order valence-electron chi connectivity index (χ4n) is 1.81. The molecule has 0 aliphatic heterocycles. The van der Waals surface area contributed by atoms with Crippen molar-refractivity contribution < 1.29 is 23.8 Å². The smallest absolute Gasteiger partial charge is 0.407 e. The van der Waals surface area contributed by atoms with E-state index in [-0.39, 0.29) is 29.0 Å². The number of pyridine rings is 1. The Bertz CT molecular complexity index is 599. The summed E-state index contributed by atoms with van der Waals surface area (Å²) in [6.07, 6.45) is 0.0158. The number of hydrogen-bond acceptors (Lipinski definition) is 6. The lowest BCUT2D eigenvalue weighted by Crippen LogP contribution is -2.33. The molecule has 134 valence electrons. The number of ketones is 1. The lowest BCUT2D eigenvalue weighted by molar-refractivity contribution is 0.0525. The van der Waals surface area contributed by atoms with E-state index in [4.69, 9.17) is 25.8 Å². The number of nitrogens with one attached hydrogen (secondary N) is 1. The predicted molar refractivity (Wildman–Crippen MR) is 90.2 cm³/mol. The van der Waals surface area contributed by atoms with Crippen molar-refractivity contribution >= 4 is 23.5 Å². The lowest BCUT2D eigenvalue weighted by Gasteiger charge is -2.19. The number of nitrogens with zero attached hydrogens (tertiary/aromatic N) is 1. The molecular formula is C16H23ClN2O5. The maximum absolute atomic E-state index is 11.8. The van der Waals surface area contributed by atoms with Gasteiger partial charge in [-0.15, -0.1) is 0 Å². The van der Waals surface area contributed by atoms with Crippen LogP contribution in [0.25, 0.3) is 0 Å². The van der Waals surface area contributed by atoms with Gasteiger partial charge >= 0.3 is 6.09 Å². The number of rotatable bonds is 7. The van der Waals surface area contributed by atoms with Crippen LogP contribution in [0.15, 0.2) is 6.07 Å². The van der Waals surface area contributed by atoms with Gasteiger partial charge in [-0.3, -0.25) is 4.79 Å². The molecule has 0 saturated carbocycles. The molecule has 1 rings (SSSR count). The van der Waals surface area contributed by atoms with Gasteiger partial charge < -0.3 is 19.5 Å². The topological polar surface area (TPSA) is 86.8 Å². The van der Waals surface area contributed by atoms with E-state index in [1.165, 1.54) is 20.1 Å². The molecule has 0 fully saturated rings. The third-order valence-electron chi connectivity index (χ3n) is 2.72. The number of carbonyl (C=O) groups is 2. The SMILES string of the molecule is COc1cc(Cl)nc(OCCCNC(=O)OC(C)(C)C)c1C(C)=O. The lowest BCUT2D eigenvalue weighted by atomic mass is 10.2. The minimum atomic E-state index is -0.543. The highest BCUT2D eigenvalue weighted by Crippen LogP contribution is 2.30. The molecule has 0 unspecified atom stereocenters. The molecule has 1 aromatic heterocycles. The minimum absolute atomic E-state index is 0.115. The van der Waals surface area contributed by atoms with Crippen molar-refractivity contribution in [3.63, 3.8) is 0 Å². The molecule has 0 aliphatic rings. The third-order valence-corrected chi connectivity index (χ3v) is 2.91. The highest BCUT2D eigenvalue weighted by atomic mass is 35.5. The molecule has 1 amide bonds. The predicted octanol–water partition coefficient (Wildman–Crippen LogP) is 3.24. The van der Waals surface area contributed by atoms with Crippen molar-refractivity contribution in [3.8, 4) is 11.6 Å². The van der Waals surface area contributed by atoms with Gasteiger partial charge in [0.2, 0.25) is 5.88 Å². The molecule has 0 aromatic carbocycles. The van der Waals surface area contributed by atoms with Crippen LogP contribution in [0.2, 0.25) is 5.15 Å². The summed E-state index contributed by atoms with van der Waals surface area (Å²) in [5.41, 5.74) is -0.305. The Morgan fingerprint density at radius 1 is 1.33 bits per heavy atom. The number of hydrogen-bond donors (Lipinski definition) is 1. The van der Waals surface area contributed by atoms with Crippen molar-refractivity contribution in [2.24, 2.45) is 0 Å². The second kappa shape index (κ2) is 8.73. The summed E-state index contributed by atoms with van der Waals surface area (Å²) in [6, 6.07) is 1.45. The number of ether oxygens (including phenoxy) is 3. The second-order valence-electron chi connectivity index (χ2n) is 6.01. The summed E-state index contributed by atoms with van der Waals surface area (Å²) in [6.45, 7) is 7.37. The van der Waals surface area contributed by atoms with Gasteiger partial charge in [0.15, 0.2) is 5.78 Å². The van der Waals surface area contributed by atoms with Gasteiger partial charge in [-0.1, -0.05) is 11.6 Å². The van der Waals surface area contributed by atoms with Crippen LogP contribution in [0, 0.1) is 0 Å². The molecule has 1 aromatic rings. The van der Waals surface area contributed by atoms with Crippen molar-refractivity contribution in [2.45, 2.75) is 39.7 Å². The number of amides is 1. The zero-order chi connectivity index (χ0) is 18.3. The van der Waals surface area contributed by atoms with Crippen molar-refractivity contribution in [1.29, 1.82) is 0 Å². The first kappa shape index (κ1) is 20.0. The Kier molecular flexibility index (Phi) is 7.28. The molecule has 7 nitrogen and oxygen atoms in total. The molecule has 0 radical (unpaired) electrons. The van der Waals surface area contributed by atoms with Crippen molar-refractivity contribution in [2.75, 3.05) is 20.3 Å². The Morgan fingerprint density at radius 2 is 2.00 bits per heavy atom. The zero-order valence-corrected chi connectivity index (χ0v) is 15.3. The molecule has 1 N–H and O–H groups in total. The third kappa shape index (κ3) is 6.62. The van der Waals surface area contributed by atoms with Gasteiger partial charge in [-0.05, 0) is 34.1 Å². The van der Waals surface area contributed by atoms with Crippen molar-refractivity contribution in [1.82, 2.24) is 10.3 Å². The van der Waals surface area contributed by atoms with E-state index in [9.17, 15) is 9.59 Å². The Hall–Kier alpha value is -2.02. The average molecular weight is 359 g/mol. The first-order valence-corrected chi connectivity index (χ1v) is 7.87. The van der Waals surface area contributed by atoms with E-state index in [0.29, 0.717) is 18.7 Å².